The molecular weight excluding hydrogens is 738 g/mol. The fourth-order valence-electron chi connectivity index (χ4n) is 6.88. The molecule has 270 valence electrons. The van der Waals surface area contributed by atoms with Crippen LogP contribution in [0.2, 0.25) is 0 Å². The Morgan fingerprint density at radius 1 is 0.774 bits per heavy atom. The number of carbonyl (C=O) groups is 1. The van der Waals surface area contributed by atoms with Gasteiger partial charge in [0, 0.05) is 91.9 Å². The maximum atomic E-state index is 13.7. The highest BCUT2D eigenvalue weighted by Gasteiger charge is 2.32. The third-order valence-corrected chi connectivity index (χ3v) is 9.79. The Morgan fingerprint density at radius 2 is 1.43 bits per heavy atom. The second-order valence-electron chi connectivity index (χ2n) is 12.8. The molecule has 2 aliphatic rings. The first-order chi connectivity index (χ1) is 25.7. The van der Waals surface area contributed by atoms with Crippen LogP contribution in [0.1, 0.15) is 47.1 Å². The smallest absolute Gasteiger partial charge is 0.276 e. The molecule has 1 amide bonds. The zero-order chi connectivity index (χ0) is 37.1. The molecule has 53 heavy (non-hydrogen) atoms. The van der Waals surface area contributed by atoms with E-state index in [1.807, 2.05) is 23.2 Å². The number of aromatic nitrogens is 8. The number of hydrogen-bond acceptors (Lipinski definition) is 10. The van der Waals surface area contributed by atoms with Crippen molar-refractivity contribution in [3.05, 3.63) is 128 Å². The molecule has 0 fully saturated rings. The molecule has 6 aromatic rings. The third kappa shape index (κ3) is 7.37. The van der Waals surface area contributed by atoms with Gasteiger partial charge in [-0.3, -0.25) is 29.3 Å². The van der Waals surface area contributed by atoms with E-state index in [2.05, 4.69) is 69.0 Å². The van der Waals surface area contributed by atoms with E-state index in [4.69, 9.17) is 0 Å². The van der Waals surface area contributed by atoms with Crippen LogP contribution in [0.15, 0.2) is 94.1 Å². The van der Waals surface area contributed by atoms with Crippen LogP contribution in [0.5, 0.6) is 0 Å². The van der Waals surface area contributed by atoms with Crippen molar-refractivity contribution in [3.8, 4) is 11.1 Å². The summed E-state index contributed by atoms with van der Waals surface area (Å²) in [6.07, 6.45) is 19.8. The van der Waals surface area contributed by atoms with Crippen LogP contribution in [0, 0.1) is 0 Å². The summed E-state index contributed by atoms with van der Waals surface area (Å²) >= 11 is 3.32. The van der Waals surface area contributed by atoms with Gasteiger partial charge in [0.05, 0.1) is 12.4 Å². The van der Waals surface area contributed by atoms with Crippen molar-refractivity contribution in [1.29, 1.82) is 0 Å². The summed E-state index contributed by atoms with van der Waals surface area (Å²) in [5.74, 6) is 1.73. The lowest BCUT2D eigenvalue weighted by Gasteiger charge is -2.31. The first kappa shape index (κ1) is 35.4. The Balaban J connectivity index is 0.000000227. The Bertz CT molecular complexity index is 2410. The zero-order valence-electron chi connectivity index (χ0n) is 29.6. The van der Waals surface area contributed by atoms with Crippen LogP contribution in [0.25, 0.3) is 11.1 Å². The molecule has 1 aliphatic carbocycles. The van der Waals surface area contributed by atoms with E-state index in [1.165, 1.54) is 28.7 Å². The highest BCUT2D eigenvalue weighted by atomic mass is 79.9. The molecule has 7 heterocycles. The number of fused-ring (bicyclic) bond motifs is 3. The average Bonchev–Trinajstić information content (AvgIpc) is 3.56. The number of halogens is 1. The summed E-state index contributed by atoms with van der Waals surface area (Å²) in [6.45, 7) is 3.43. The molecule has 14 nitrogen and oxygen atoms in total. The van der Waals surface area contributed by atoms with Gasteiger partial charge in [0.2, 0.25) is 0 Å². The fraction of sp³-hybridized carbons (Fsp3) is 0.263. The van der Waals surface area contributed by atoms with Crippen molar-refractivity contribution in [1.82, 2.24) is 38.6 Å². The Kier molecular flexibility index (Phi) is 10.3. The molecule has 15 heteroatoms. The monoisotopic (exact) mass is 775 g/mol. The lowest BCUT2D eigenvalue weighted by molar-refractivity contribution is 0.0963. The van der Waals surface area contributed by atoms with Gasteiger partial charge < -0.3 is 24.3 Å². The normalized spacial score (nSPS) is 13.4. The molecule has 0 bridgehead atoms. The Labute approximate surface area is 313 Å². The first-order valence-corrected chi connectivity index (χ1v) is 18.2. The van der Waals surface area contributed by atoms with Gasteiger partial charge in [-0.15, -0.1) is 0 Å². The van der Waals surface area contributed by atoms with Gasteiger partial charge in [0.25, 0.3) is 17.0 Å². The quantitative estimate of drug-likeness (QED) is 0.210. The van der Waals surface area contributed by atoms with Crippen LogP contribution in [0.3, 0.4) is 0 Å². The van der Waals surface area contributed by atoms with E-state index < -0.39 is 0 Å². The number of amides is 1. The minimum atomic E-state index is -0.169. The number of anilines is 5. The largest absolute Gasteiger partial charge is 0.339 e. The second kappa shape index (κ2) is 15.3. The van der Waals surface area contributed by atoms with Crippen LogP contribution >= 0.6 is 15.9 Å². The number of rotatable bonds is 7. The van der Waals surface area contributed by atoms with Crippen molar-refractivity contribution in [2.75, 3.05) is 22.1 Å². The summed E-state index contributed by atoms with van der Waals surface area (Å²) in [5.41, 5.74) is 6.77. The summed E-state index contributed by atoms with van der Waals surface area (Å²) in [6, 6.07) is 7.57. The maximum Gasteiger partial charge on any atom is 0.276 e. The van der Waals surface area contributed by atoms with Crippen LogP contribution in [-0.4, -0.2) is 51.1 Å². The Hall–Kier alpha value is -5.96. The van der Waals surface area contributed by atoms with Gasteiger partial charge in [-0.1, -0.05) is 6.92 Å². The minimum absolute atomic E-state index is 0.00506. The number of hydrogen-bond donors (Lipinski definition) is 2. The van der Waals surface area contributed by atoms with Gasteiger partial charge in [0.15, 0.2) is 0 Å². The van der Waals surface area contributed by atoms with Crippen LogP contribution < -0.4 is 26.7 Å². The van der Waals surface area contributed by atoms with Gasteiger partial charge in [-0.25, -0.2) is 15.0 Å². The van der Waals surface area contributed by atoms with Gasteiger partial charge in [0.1, 0.15) is 34.5 Å². The van der Waals surface area contributed by atoms with E-state index in [-0.39, 0.29) is 17.0 Å². The highest BCUT2D eigenvalue weighted by Crippen LogP contribution is 2.34. The van der Waals surface area contributed by atoms with E-state index in [0.29, 0.717) is 41.8 Å². The maximum absolute atomic E-state index is 13.7. The summed E-state index contributed by atoms with van der Waals surface area (Å²) in [5, 5.41) is 6.01. The first-order valence-electron chi connectivity index (χ1n) is 17.4. The number of aryl methyl sites for hydroxylation is 3. The van der Waals surface area contributed by atoms with Crippen molar-refractivity contribution in [3.63, 3.8) is 0 Å². The second-order valence-corrected chi connectivity index (χ2v) is 13.7. The molecule has 2 N–H and O–H groups in total. The molecule has 0 radical (unpaired) electrons. The molecule has 6 aromatic heterocycles. The molecule has 8 rings (SSSR count). The number of carbonyl (C=O) groups excluding carboxylic acids is 1. The van der Waals surface area contributed by atoms with Crippen molar-refractivity contribution < 1.29 is 4.79 Å². The highest BCUT2D eigenvalue weighted by molar-refractivity contribution is 9.10. The summed E-state index contributed by atoms with van der Waals surface area (Å²) < 4.78 is 6.08. The predicted octanol–water partition coefficient (Wildman–Crippen LogP) is 5.57. The zero-order valence-corrected chi connectivity index (χ0v) is 31.2. The molecule has 0 saturated carbocycles. The van der Waals surface area contributed by atoms with Gasteiger partial charge in [-0.05, 0) is 83.4 Å². The van der Waals surface area contributed by atoms with Crippen LogP contribution in [0.4, 0.5) is 28.8 Å². The molecule has 0 unspecified atom stereocenters. The topological polar surface area (TPSA) is 158 Å². The number of pyridine rings is 3. The van der Waals surface area contributed by atoms with E-state index in [9.17, 15) is 14.4 Å². The molecule has 1 aliphatic heterocycles. The summed E-state index contributed by atoms with van der Waals surface area (Å²) in [7, 11) is 3.42. The average molecular weight is 777 g/mol. The fourth-order valence-corrected chi connectivity index (χ4v) is 7.42. The van der Waals surface area contributed by atoms with Crippen molar-refractivity contribution in [2.45, 2.75) is 45.6 Å². The minimum Gasteiger partial charge on any atom is -0.339 e. The summed E-state index contributed by atoms with van der Waals surface area (Å²) in [4.78, 5) is 61.1. The lowest BCUT2D eigenvalue weighted by Crippen LogP contribution is -2.41. The van der Waals surface area contributed by atoms with E-state index >= 15 is 0 Å². The lowest BCUT2D eigenvalue weighted by atomic mass is 9.98. The van der Waals surface area contributed by atoms with E-state index in [0.717, 1.165) is 46.2 Å². The molecule has 0 spiro atoms. The number of nitrogens with one attached hydrogen (secondary N) is 2. The molecular formula is C38H38BrN11O3. The van der Waals surface area contributed by atoms with E-state index in [1.54, 1.807) is 74.3 Å². The van der Waals surface area contributed by atoms with Crippen molar-refractivity contribution >= 4 is 50.7 Å². The van der Waals surface area contributed by atoms with Crippen molar-refractivity contribution in [2.24, 2.45) is 14.1 Å². The Morgan fingerprint density at radius 3 is 2.09 bits per heavy atom. The SMILES string of the molecule is CCc1c(-c2cc(Nc3cnccn3)c(=O)n(C)c2)ccnc1N1CCn2c(cc3c2CCCC3)C1=O.Cn1cc(Br)cc(Nc2cnccn2)c1=O. The molecule has 0 aromatic carbocycles. The van der Waals surface area contributed by atoms with Gasteiger partial charge >= 0.3 is 0 Å². The molecule has 0 saturated heterocycles. The third-order valence-electron chi connectivity index (χ3n) is 9.36. The predicted molar refractivity (Wildman–Crippen MR) is 207 cm³/mol. The van der Waals surface area contributed by atoms with Gasteiger partial charge in [-0.2, -0.15) is 0 Å². The van der Waals surface area contributed by atoms with Crippen LogP contribution in [-0.2, 0) is 39.9 Å². The molecule has 0 atom stereocenters. The standard InChI is InChI=1S/C28H29N7O2.C10H9BrN4O/c1-3-20-21(19-14-22(27(36)33(2)17-19)32-25-16-29-10-11-30-25)8-9-31-26(20)35-13-12-34-23-7-5-4-6-18(23)15-24(34)28(35)37;1-15-6-7(11)4-8(10(15)16)14-9-5-12-2-3-13-9/h8-11,14-17H,3-7,12-13H2,1-2H3,(H,30,32);2-6H,1H3,(H,13,14). The number of nitrogens with zero attached hydrogens (tertiary/aromatic N) is 9.